The number of hydrogen-bond acceptors (Lipinski definition) is 3. The highest BCUT2D eigenvalue weighted by Gasteiger charge is 2.30. The molecule has 146 valence electrons. The van der Waals surface area contributed by atoms with Gasteiger partial charge in [0, 0.05) is 17.3 Å². The lowest BCUT2D eigenvalue weighted by atomic mass is 10.1. The highest BCUT2D eigenvalue weighted by molar-refractivity contribution is 6.09. The highest BCUT2D eigenvalue weighted by atomic mass is 19.4. The van der Waals surface area contributed by atoms with Gasteiger partial charge in [0.15, 0.2) is 0 Å². The minimum atomic E-state index is -4.47. The number of alkyl halides is 3. The maximum Gasteiger partial charge on any atom is 0.416 e. The minimum Gasteiger partial charge on any atom is -0.457 e. The third kappa shape index (κ3) is 4.93. The van der Waals surface area contributed by atoms with E-state index < -0.39 is 17.6 Å². The van der Waals surface area contributed by atoms with E-state index in [4.69, 9.17) is 4.42 Å². The molecule has 3 rings (SSSR count). The van der Waals surface area contributed by atoms with Gasteiger partial charge in [0.2, 0.25) is 0 Å². The first-order valence-electron chi connectivity index (χ1n) is 8.53. The van der Waals surface area contributed by atoms with Crippen molar-refractivity contribution in [1.29, 1.82) is 5.26 Å². The number of furan rings is 1. The van der Waals surface area contributed by atoms with Crippen LogP contribution in [0.15, 0.2) is 70.7 Å². The second-order valence-corrected chi connectivity index (χ2v) is 6.27. The topological polar surface area (TPSA) is 66.0 Å². The van der Waals surface area contributed by atoms with Crippen LogP contribution < -0.4 is 5.32 Å². The van der Waals surface area contributed by atoms with Crippen molar-refractivity contribution in [2.45, 2.75) is 13.1 Å². The summed E-state index contributed by atoms with van der Waals surface area (Å²) < 4.78 is 44.2. The van der Waals surface area contributed by atoms with Gasteiger partial charge in [-0.1, -0.05) is 24.3 Å². The predicted molar refractivity (Wildman–Crippen MR) is 103 cm³/mol. The van der Waals surface area contributed by atoms with E-state index in [1.165, 1.54) is 30.3 Å². The number of benzene rings is 2. The van der Waals surface area contributed by atoms with Gasteiger partial charge in [-0.15, -0.1) is 0 Å². The molecule has 1 aromatic heterocycles. The van der Waals surface area contributed by atoms with Gasteiger partial charge in [-0.2, -0.15) is 18.4 Å². The van der Waals surface area contributed by atoms with E-state index in [1.54, 1.807) is 24.3 Å². The molecule has 0 radical (unpaired) electrons. The van der Waals surface area contributed by atoms with Crippen LogP contribution in [0, 0.1) is 18.3 Å². The molecule has 0 saturated carbocycles. The molecular weight excluding hydrogens is 381 g/mol. The van der Waals surface area contributed by atoms with Crippen molar-refractivity contribution in [2.75, 3.05) is 5.32 Å². The summed E-state index contributed by atoms with van der Waals surface area (Å²) in [5, 5.41) is 11.9. The first kappa shape index (κ1) is 20.0. The van der Waals surface area contributed by atoms with Crippen LogP contribution in [0.2, 0.25) is 0 Å². The minimum absolute atomic E-state index is 0.174. The first-order valence-corrected chi connectivity index (χ1v) is 8.53. The molecule has 0 atom stereocenters. The van der Waals surface area contributed by atoms with E-state index in [-0.39, 0.29) is 22.7 Å². The van der Waals surface area contributed by atoms with E-state index in [0.29, 0.717) is 5.69 Å². The van der Waals surface area contributed by atoms with Crippen LogP contribution in [0.25, 0.3) is 17.4 Å². The van der Waals surface area contributed by atoms with Crippen molar-refractivity contribution < 1.29 is 22.4 Å². The largest absolute Gasteiger partial charge is 0.457 e. The van der Waals surface area contributed by atoms with Gasteiger partial charge in [0.05, 0.1) is 5.56 Å². The van der Waals surface area contributed by atoms with Crippen molar-refractivity contribution in [3.8, 4) is 17.4 Å². The number of aryl methyl sites for hydroxylation is 1. The van der Waals surface area contributed by atoms with Crippen LogP contribution in [0.1, 0.15) is 16.9 Å². The number of amides is 1. The summed E-state index contributed by atoms with van der Waals surface area (Å²) in [6, 6.07) is 16.6. The molecule has 29 heavy (non-hydrogen) atoms. The Morgan fingerprint density at radius 2 is 1.86 bits per heavy atom. The number of nitrogens with one attached hydrogen (secondary N) is 1. The number of hydrogen-bond donors (Lipinski definition) is 1. The quantitative estimate of drug-likeness (QED) is 0.446. The highest BCUT2D eigenvalue weighted by Crippen LogP contribution is 2.32. The van der Waals surface area contributed by atoms with Crippen molar-refractivity contribution in [3.63, 3.8) is 0 Å². The van der Waals surface area contributed by atoms with E-state index in [9.17, 15) is 23.2 Å². The SMILES string of the molecule is Cc1cccc(NC(=O)C(C#N)=Cc2ccc(-c3cccc(C(F)(F)F)c3)o2)c1. The smallest absolute Gasteiger partial charge is 0.416 e. The Morgan fingerprint density at radius 1 is 1.10 bits per heavy atom. The van der Waals surface area contributed by atoms with Gasteiger partial charge >= 0.3 is 6.18 Å². The van der Waals surface area contributed by atoms with E-state index in [2.05, 4.69) is 5.32 Å². The molecule has 0 fully saturated rings. The molecule has 0 aliphatic heterocycles. The molecule has 0 bridgehead atoms. The normalized spacial score (nSPS) is 11.8. The van der Waals surface area contributed by atoms with Crippen LogP contribution in [0.5, 0.6) is 0 Å². The molecule has 4 nitrogen and oxygen atoms in total. The van der Waals surface area contributed by atoms with E-state index in [1.807, 2.05) is 13.0 Å². The second kappa shape index (κ2) is 8.07. The summed E-state index contributed by atoms with van der Waals surface area (Å²) in [6.45, 7) is 1.87. The lowest BCUT2D eigenvalue weighted by molar-refractivity contribution is -0.137. The average molecular weight is 396 g/mol. The molecule has 1 amide bonds. The molecule has 0 aliphatic rings. The molecule has 0 unspecified atom stereocenters. The van der Waals surface area contributed by atoms with Crippen LogP contribution in [0.4, 0.5) is 18.9 Å². The Morgan fingerprint density at radius 3 is 2.55 bits per heavy atom. The second-order valence-electron chi connectivity index (χ2n) is 6.27. The van der Waals surface area contributed by atoms with Gasteiger partial charge < -0.3 is 9.73 Å². The molecule has 7 heteroatoms. The van der Waals surface area contributed by atoms with E-state index >= 15 is 0 Å². The van der Waals surface area contributed by atoms with Crippen molar-refractivity contribution in [2.24, 2.45) is 0 Å². The van der Waals surface area contributed by atoms with Gasteiger partial charge in [0.25, 0.3) is 5.91 Å². The summed E-state index contributed by atoms with van der Waals surface area (Å²) >= 11 is 0. The van der Waals surface area contributed by atoms with Crippen LogP contribution >= 0.6 is 0 Å². The number of nitrogens with zero attached hydrogens (tertiary/aromatic N) is 1. The Balaban J connectivity index is 1.83. The maximum absolute atomic E-state index is 12.9. The number of carbonyl (C=O) groups excluding carboxylic acids is 1. The molecule has 3 aromatic rings. The summed E-state index contributed by atoms with van der Waals surface area (Å²) in [7, 11) is 0. The first-order chi connectivity index (χ1) is 13.8. The predicted octanol–water partition coefficient (Wildman–Crippen LogP) is 5.82. The zero-order valence-corrected chi connectivity index (χ0v) is 15.2. The van der Waals surface area contributed by atoms with Crippen molar-refractivity contribution >= 4 is 17.7 Å². The van der Waals surface area contributed by atoms with Crippen molar-refractivity contribution in [3.05, 3.63) is 83.1 Å². The number of nitriles is 1. The van der Waals surface area contributed by atoms with Gasteiger partial charge in [-0.3, -0.25) is 4.79 Å². The summed E-state index contributed by atoms with van der Waals surface area (Å²) in [5.41, 5.74) is 0.736. The van der Waals surface area contributed by atoms with E-state index in [0.717, 1.165) is 17.7 Å². The molecule has 1 heterocycles. The van der Waals surface area contributed by atoms with Crippen molar-refractivity contribution in [1.82, 2.24) is 0 Å². The lowest BCUT2D eigenvalue weighted by Crippen LogP contribution is -2.13. The Labute approximate surface area is 164 Å². The fourth-order valence-electron chi connectivity index (χ4n) is 2.65. The molecule has 0 aliphatic carbocycles. The van der Waals surface area contributed by atoms with Crippen LogP contribution in [0.3, 0.4) is 0 Å². The standard InChI is InChI=1S/C22H15F3N2O2/c1-14-4-2-7-18(10-14)27-21(28)16(13-26)12-19-8-9-20(29-19)15-5-3-6-17(11-15)22(23,24)25/h2-12H,1H3,(H,27,28). The fraction of sp³-hybridized carbons (Fsp3) is 0.0909. The fourth-order valence-corrected chi connectivity index (χ4v) is 2.65. The van der Waals surface area contributed by atoms with Gasteiger partial charge in [0.1, 0.15) is 23.2 Å². The molecule has 1 N–H and O–H groups in total. The molecule has 0 saturated heterocycles. The Kier molecular flexibility index (Phi) is 5.55. The monoisotopic (exact) mass is 396 g/mol. The average Bonchev–Trinajstić information content (AvgIpc) is 3.14. The maximum atomic E-state index is 12.9. The third-order valence-corrected chi connectivity index (χ3v) is 4.03. The zero-order chi connectivity index (χ0) is 21.0. The summed E-state index contributed by atoms with van der Waals surface area (Å²) in [6.07, 6.45) is -3.23. The van der Waals surface area contributed by atoms with Crippen LogP contribution in [-0.4, -0.2) is 5.91 Å². The zero-order valence-electron chi connectivity index (χ0n) is 15.2. The summed E-state index contributed by atoms with van der Waals surface area (Å²) in [5.74, 6) is -0.248. The lowest BCUT2D eigenvalue weighted by Gasteiger charge is -2.07. The Hall–Kier alpha value is -3.79. The molecular formula is C22H15F3N2O2. The number of rotatable bonds is 4. The number of carbonyl (C=O) groups is 1. The van der Waals surface area contributed by atoms with Gasteiger partial charge in [-0.25, -0.2) is 0 Å². The third-order valence-electron chi connectivity index (χ3n) is 4.03. The van der Waals surface area contributed by atoms with Crippen LogP contribution in [-0.2, 0) is 11.0 Å². The molecule has 0 spiro atoms. The summed E-state index contributed by atoms with van der Waals surface area (Å²) in [4.78, 5) is 12.3. The molecule has 2 aromatic carbocycles. The Bertz CT molecular complexity index is 1120. The van der Waals surface area contributed by atoms with Gasteiger partial charge in [-0.05, 0) is 48.9 Å². The number of anilines is 1. The number of halogens is 3.